The van der Waals surface area contributed by atoms with Gasteiger partial charge in [0.1, 0.15) is 0 Å². The Bertz CT molecular complexity index is 431. The lowest BCUT2D eigenvalue weighted by atomic mass is 9.64. The van der Waals surface area contributed by atoms with Gasteiger partial charge < -0.3 is 4.74 Å². The molecule has 1 aromatic carbocycles. The van der Waals surface area contributed by atoms with Crippen LogP contribution in [0.15, 0.2) is 36.4 Å². The second-order valence-electron chi connectivity index (χ2n) is 5.59. The molecule has 1 fully saturated rings. The lowest BCUT2D eigenvalue weighted by molar-refractivity contribution is 0.0439. The molecule has 20 heavy (non-hydrogen) atoms. The van der Waals surface area contributed by atoms with E-state index in [1.165, 1.54) is 5.56 Å². The highest BCUT2D eigenvalue weighted by Crippen LogP contribution is 2.43. The number of benzene rings is 1. The van der Waals surface area contributed by atoms with Crippen molar-refractivity contribution in [3.05, 3.63) is 53.9 Å². The van der Waals surface area contributed by atoms with Crippen LogP contribution < -0.4 is 0 Å². The highest BCUT2D eigenvalue weighted by Gasteiger charge is 2.37. The van der Waals surface area contributed by atoms with Crippen molar-refractivity contribution in [2.45, 2.75) is 38.0 Å². The van der Waals surface area contributed by atoms with E-state index in [1.54, 1.807) is 0 Å². The third-order valence-electron chi connectivity index (χ3n) is 4.41. The van der Waals surface area contributed by atoms with Crippen LogP contribution in [0, 0.1) is 12.8 Å². The molecule has 1 aromatic rings. The van der Waals surface area contributed by atoms with Gasteiger partial charge in [-0.15, -0.1) is 0 Å². The molecule has 0 bridgehead atoms. The molecule has 1 atom stereocenters. The van der Waals surface area contributed by atoms with E-state index in [0.717, 1.165) is 43.9 Å². The minimum Gasteiger partial charge on any atom is -0.381 e. The molecule has 0 spiro atoms. The van der Waals surface area contributed by atoms with E-state index in [1.807, 2.05) is 18.2 Å². The van der Waals surface area contributed by atoms with Gasteiger partial charge in [0.25, 0.3) is 0 Å². The summed E-state index contributed by atoms with van der Waals surface area (Å²) >= 11 is 6.05. The maximum Gasteiger partial charge on any atom is 0.0469 e. The Hall–Kier alpha value is -0.790. The molecular formula is C18H24ClO. The summed E-state index contributed by atoms with van der Waals surface area (Å²) in [5.41, 5.74) is 1.43. The zero-order valence-corrected chi connectivity index (χ0v) is 13.0. The van der Waals surface area contributed by atoms with Crippen LogP contribution in [0.1, 0.15) is 38.2 Å². The topological polar surface area (TPSA) is 9.23 Å². The van der Waals surface area contributed by atoms with Crippen molar-refractivity contribution in [1.82, 2.24) is 0 Å². The summed E-state index contributed by atoms with van der Waals surface area (Å²) in [6.07, 6.45) is 8.80. The van der Waals surface area contributed by atoms with Crippen molar-refractivity contribution in [2.24, 2.45) is 5.92 Å². The van der Waals surface area contributed by atoms with Gasteiger partial charge in [-0.25, -0.2) is 0 Å². The maximum absolute atomic E-state index is 6.05. The van der Waals surface area contributed by atoms with Crippen LogP contribution in [-0.2, 0) is 10.2 Å². The number of hydrogen-bond donors (Lipinski definition) is 0. The van der Waals surface area contributed by atoms with E-state index < -0.39 is 0 Å². The standard InChI is InChI=1S/C18H24ClO/c1-3-11-18(12-4-2,16-9-13-20-14-10-16)15-5-7-17(19)8-6-15/h3,5-8,11,16H,1,4,9-10,12-14H2,2H3. The van der Waals surface area contributed by atoms with E-state index >= 15 is 0 Å². The lowest BCUT2D eigenvalue weighted by Crippen LogP contribution is -2.37. The Kier molecular flexibility index (Phi) is 5.68. The number of halogens is 1. The molecule has 1 aliphatic heterocycles. The summed E-state index contributed by atoms with van der Waals surface area (Å²) in [6.45, 7) is 7.94. The Balaban J connectivity index is 2.42. The fraction of sp³-hybridized carbons (Fsp3) is 0.500. The Labute approximate surface area is 128 Å². The van der Waals surface area contributed by atoms with Gasteiger partial charge in [0, 0.05) is 23.7 Å². The predicted octanol–water partition coefficient (Wildman–Crippen LogP) is 5.19. The summed E-state index contributed by atoms with van der Waals surface area (Å²) in [5, 5.41) is 0.796. The molecular weight excluding hydrogens is 268 g/mol. The molecule has 1 unspecified atom stereocenters. The van der Waals surface area contributed by atoms with Crippen molar-refractivity contribution in [1.29, 1.82) is 0 Å². The minimum atomic E-state index is 0.0743. The molecule has 1 saturated heterocycles. The molecule has 0 N–H and O–H groups in total. The van der Waals surface area contributed by atoms with Gasteiger partial charge in [-0.05, 0) is 49.8 Å². The quantitative estimate of drug-likeness (QED) is 0.725. The monoisotopic (exact) mass is 291 g/mol. The molecule has 1 nitrogen and oxygen atoms in total. The lowest BCUT2D eigenvalue weighted by Gasteiger charge is -2.41. The maximum atomic E-state index is 6.05. The molecule has 0 saturated carbocycles. The first-order valence-electron chi connectivity index (χ1n) is 7.53. The second kappa shape index (κ2) is 7.28. The summed E-state index contributed by atoms with van der Waals surface area (Å²) < 4.78 is 5.55. The smallest absolute Gasteiger partial charge is 0.0469 e. The molecule has 1 radical (unpaired) electrons. The number of rotatable bonds is 5. The SMILES string of the molecule is [CH2]C=CC(CCC)(c1ccc(Cl)cc1)C1CCOCC1. The highest BCUT2D eigenvalue weighted by molar-refractivity contribution is 6.30. The van der Waals surface area contributed by atoms with E-state index in [2.05, 4.69) is 32.1 Å². The fourth-order valence-corrected chi connectivity index (χ4v) is 3.62. The van der Waals surface area contributed by atoms with E-state index in [4.69, 9.17) is 16.3 Å². The first-order chi connectivity index (χ1) is 9.73. The average molecular weight is 292 g/mol. The molecule has 0 amide bonds. The van der Waals surface area contributed by atoms with E-state index in [0.29, 0.717) is 5.92 Å². The van der Waals surface area contributed by atoms with Crippen molar-refractivity contribution in [3.63, 3.8) is 0 Å². The van der Waals surface area contributed by atoms with Crippen LogP contribution in [0.2, 0.25) is 5.02 Å². The predicted molar refractivity (Wildman–Crippen MR) is 86.1 cm³/mol. The van der Waals surface area contributed by atoms with Gasteiger partial charge >= 0.3 is 0 Å². The van der Waals surface area contributed by atoms with Crippen LogP contribution in [0.25, 0.3) is 0 Å². The van der Waals surface area contributed by atoms with E-state index in [9.17, 15) is 0 Å². The van der Waals surface area contributed by atoms with Crippen molar-refractivity contribution in [3.8, 4) is 0 Å². The van der Waals surface area contributed by atoms with Crippen LogP contribution in [0.4, 0.5) is 0 Å². The number of allylic oxidation sites excluding steroid dienone is 2. The van der Waals surface area contributed by atoms with Gasteiger partial charge in [-0.1, -0.05) is 49.2 Å². The summed E-state index contributed by atoms with van der Waals surface area (Å²) in [4.78, 5) is 0. The number of ether oxygens (including phenoxy) is 1. The minimum absolute atomic E-state index is 0.0743. The second-order valence-corrected chi connectivity index (χ2v) is 6.02. The molecule has 0 aromatic heterocycles. The Morgan fingerprint density at radius 3 is 2.50 bits per heavy atom. The summed E-state index contributed by atoms with van der Waals surface area (Å²) in [6, 6.07) is 8.34. The van der Waals surface area contributed by atoms with Crippen molar-refractivity contribution in [2.75, 3.05) is 13.2 Å². The molecule has 1 heterocycles. The van der Waals surface area contributed by atoms with Gasteiger partial charge in [-0.2, -0.15) is 0 Å². The molecule has 2 rings (SSSR count). The average Bonchev–Trinajstić information content (AvgIpc) is 2.48. The zero-order valence-electron chi connectivity index (χ0n) is 12.3. The Morgan fingerprint density at radius 2 is 1.95 bits per heavy atom. The molecule has 109 valence electrons. The summed E-state index contributed by atoms with van der Waals surface area (Å²) in [5.74, 6) is 0.621. The van der Waals surface area contributed by atoms with Gasteiger partial charge in [0.2, 0.25) is 0 Å². The van der Waals surface area contributed by atoms with Crippen LogP contribution in [0.3, 0.4) is 0 Å². The normalized spacial score (nSPS) is 20.1. The van der Waals surface area contributed by atoms with Gasteiger partial charge in [0.15, 0.2) is 0 Å². The van der Waals surface area contributed by atoms with Crippen LogP contribution >= 0.6 is 11.6 Å². The van der Waals surface area contributed by atoms with Crippen molar-refractivity contribution < 1.29 is 4.74 Å². The highest BCUT2D eigenvalue weighted by atomic mass is 35.5. The first kappa shape index (κ1) is 15.6. The van der Waals surface area contributed by atoms with Gasteiger partial charge in [0.05, 0.1) is 0 Å². The van der Waals surface area contributed by atoms with Crippen molar-refractivity contribution >= 4 is 11.6 Å². The largest absolute Gasteiger partial charge is 0.381 e. The van der Waals surface area contributed by atoms with Crippen LogP contribution in [-0.4, -0.2) is 13.2 Å². The van der Waals surface area contributed by atoms with E-state index in [-0.39, 0.29) is 5.41 Å². The molecule has 2 heteroatoms. The van der Waals surface area contributed by atoms with Gasteiger partial charge in [-0.3, -0.25) is 0 Å². The molecule has 0 aliphatic carbocycles. The first-order valence-corrected chi connectivity index (χ1v) is 7.91. The third-order valence-corrected chi connectivity index (χ3v) is 4.66. The fourth-order valence-electron chi connectivity index (χ4n) is 3.50. The van der Waals surface area contributed by atoms with Crippen LogP contribution in [0.5, 0.6) is 0 Å². The third kappa shape index (κ3) is 3.27. The number of hydrogen-bond acceptors (Lipinski definition) is 1. The Morgan fingerprint density at radius 1 is 1.30 bits per heavy atom. The summed E-state index contributed by atoms with van der Waals surface area (Å²) in [7, 11) is 0. The zero-order chi connectivity index (χ0) is 14.4. The molecule has 1 aliphatic rings.